The van der Waals surface area contributed by atoms with E-state index in [9.17, 15) is 9.18 Å². The van der Waals surface area contributed by atoms with Crippen LogP contribution in [0, 0.1) is 5.82 Å². The number of ketones is 1. The van der Waals surface area contributed by atoms with Gasteiger partial charge in [-0.1, -0.05) is 45.2 Å². The molecule has 0 aliphatic carbocycles. The van der Waals surface area contributed by atoms with E-state index in [1.807, 2.05) is 0 Å². The second-order valence-electron chi connectivity index (χ2n) is 3.97. The number of Topliss-reactive ketones (excluding diaryl/α,β-unsaturated/α-hetero) is 1. The Bertz CT molecular complexity index is 643. The van der Waals surface area contributed by atoms with Gasteiger partial charge in [0.2, 0.25) is 0 Å². The minimum atomic E-state index is -0.530. The summed E-state index contributed by atoms with van der Waals surface area (Å²) < 4.78 is 14.0. The van der Waals surface area contributed by atoms with Crippen molar-refractivity contribution < 1.29 is 9.18 Å². The normalized spacial score (nSPS) is 10.5. The van der Waals surface area contributed by atoms with Crippen molar-refractivity contribution in [2.75, 3.05) is 0 Å². The molecular weight excluding hydrogens is 354 g/mol. The summed E-state index contributed by atoms with van der Waals surface area (Å²) in [7, 11) is 0. The molecule has 0 fully saturated rings. The molecule has 19 heavy (non-hydrogen) atoms. The molecule has 0 aromatic heterocycles. The monoisotopic (exact) mass is 360 g/mol. The van der Waals surface area contributed by atoms with E-state index >= 15 is 0 Å². The zero-order chi connectivity index (χ0) is 14.0. The van der Waals surface area contributed by atoms with Gasteiger partial charge >= 0.3 is 0 Å². The lowest BCUT2D eigenvalue weighted by Crippen LogP contribution is -2.05. The summed E-state index contributed by atoms with van der Waals surface area (Å²) in [6.07, 6.45) is 0.0903. The average Bonchev–Trinajstić information content (AvgIpc) is 2.36. The molecule has 0 spiro atoms. The molecule has 0 aliphatic heterocycles. The van der Waals surface area contributed by atoms with Crippen LogP contribution in [0.3, 0.4) is 0 Å². The van der Waals surface area contributed by atoms with Crippen LogP contribution >= 0.6 is 39.1 Å². The van der Waals surface area contributed by atoms with E-state index in [1.54, 1.807) is 24.3 Å². The van der Waals surface area contributed by atoms with Crippen LogP contribution in [0.1, 0.15) is 15.9 Å². The molecule has 2 aromatic rings. The molecule has 0 bridgehead atoms. The summed E-state index contributed by atoms with van der Waals surface area (Å²) in [6.45, 7) is 0. The molecule has 0 amide bonds. The van der Waals surface area contributed by atoms with Crippen molar-refractivity contribution >= 4 is 44.9 Å². The highest BCUT2D eigenvalue weighted by atomic mass is 79.9. The number of benzene rings is 2. The highest BCUT2D eigenvalue weighted by Crippen LogP contribution is 2.23. The second-order valence-corrected chi connectivity index (χ2v) is 5.67. The zero-order valence-corrected chi connectivity index (χ0v) is 12.7. The molecule has 0 heterocycles. The van der Waals surface area contributed by atoms with E-state index in [0.717, 1.165) is 0 Å². The largest absolute Gasteiger partial charge is 0.294 e. The van der Waals surface area contributed by atoms with Crippen molar-refractivity contribution in [1.29, 1.82) is 0 Å². The Kier molecular flexibility index (Phi) is 4.61. The van der Waals surface area contributed by atoms with Crippen LogP contribution in [0.4, 0.5) is 4.39 Å². The Morgan fingerprint density at radius 1 is 1.16 bits per heavy atom. The zero-order valence-electron chi connectivity index (χ0n) is 9.59. The first kappa shape index (κ1) is 14.5. The smallest absolute Gasteiger partial charge is 0.168 e. The molecule has 0 saturated heterocycles. The summed E-state index contributed by atoms with van der Waals surface area (Å²) in [5.74, 6) is -0.673. The van der Waals surface area contributed by atoms with Crippen molar-refractivity contribution in [3.63, 3.8) is 0 Å². The molecule has 1 nitrogen and oxygen atoms in total. The van der Waals surface area contributed by atoms with Crippen molar-refractivity contribution in [2.24, 2.45) is 0 Å². The van der Waals surface area contributed by atoms with E-state index in [0.29, 0.717) is 20.6 Å². The van der Waals surface area contributed by atoms with Gasteiger partial charge in [0.25, 0.3) is 0 Å². The third-order valence-electron chi connectivity index (χ3n) is 2.58. The second kappa shape index (κ2) is 6.04. The van der Waals surface area contributed by atoms with Gasteiger partial charge in [-0.15, -0.1) is 0 Å². The molecule has 0 aliphatic rings. The molecule has 0 N–H and O–H groups in total. The first-order chi connectivity index (χ1) is 8.97. The predicted octanol–water partition coefficient (Wildman–Crippen LogP) is 5.32. The van der Waals surface area contributed by atoms with Crippen molar-refractivity contribution in [2.45, 2.75) is 6.42 Å². The number of carbonyl (C=O) groups excluding carboxylic acids is 1. The fourth-order valence-electron chi connectivity index (χ4n) is 1.64. The molecule has 98 valence electrons. The topological polar surface area (TPSA) is 17.1 Å². The Balaban J connectivity index is 2.25. The van der Waals surface area contributed by atoms with E-state index < -0.39 is 5.82 Å². The molecule has 0 atom stereocenters. The molecule has 0 unspecified atom stereocenters. The van der Waals surface area contributed by atoms with Gasteiger partial charge in [0.15, 0.2) is 5.78 Å². The lowest BCUT2D eigenvalue weighted by Gasteiger charge is -2.05. The van der Waals surface area contributed by atoms with Gasteiger partial charge < -0.3 is 0 Å². The molecular formula is C14H8BrCl2FO. The highest BCUT2D eigenvalue weighted by Gasteiger charge is 2.12. The number of hydrogen-bond acceptors (Lipinski definition) is 1. The van der Waals surface area contributed by atoms with Gasteiger partial charge in [0.05, 0.1) is 5.02 Å². The van der Waals surface area contributed by atoms with Crippen LogP contribution in [0.2, 0.25) is 10.0 Å². The van der Waals surface area contributed by atoms with Crippen LogP contribution < -0.4 is 0 Å². The van der Waals surface area contributed by atoms with E-state index in [-0.39, 0.29) is 17.2 Å². The maximum Gasteiger partial charge on any atom is 0.168 e. The van der Waals surface area contributed by atoms with Gasteiger partial charge in [0, 0.05) is 21.5 Å². The standard InChI is InChI=1S/C14H8BrCl2FO/c15-11-3-2-9(16)7-10(11)14(19)6-8-1-4-12(17)13(18)5-8/h1-5,7H,6H2. The summed E-state index contributed by atoms with van der Waals surface area (Å²) in [5, 5.41) is 0.522. The minimum Gasteiger partial charge on any atom is -0.294 e. The number of halogens is 4. The van der Waals surface area contributed by atoms with Crippen LogP contribution in [0.15, 0.2) is 40.9 Å². The Morgan fingerprint density at radius 3 is 2.58 bits per heavy atom. The van der Waals surface area contributed by atoms with Crippen molar-refractivity contribution in [1.82, 2.24) is 0 Å². The summed E-state index contributed by atoms with van der Waals surface area (Å²) in [5.41, 5.74) is 1.04. The van der Waals surface area contributed by atoms with Crippen LogP contribution in [-0.4, -0.2) is 5.78 Å². The maximum absolute atomic E-state index is 13.3. The Hall–Kier alpha value is -0.900. The van der Waals surface area contributed by atoms with E-state index in [2.05, 4.69) is 15.9 Å². The van der Waals surface area contributed by atoms with E-state index in [1.165, 1.54) is 12.1 Å². The van der Waals surface area contributed by atoms with Gasteiger partial charge in [-0.25, -0.2) is 4.39 Å². The Morgan fingerprint density at radius 2 is 1.89 bits per heavy atom. The fourth-order valence-corrected chi connectivity index (χ4v) is 2.40. The quantitative estimate of drug-likeness (QED) is 0.676. The third kappa shape index (κ3) is 3.56. The highest BCUT2D eigenvalue weighted by molar-refractivity contribution is 9.10. The summed E-state index contributed by atoms with van der Waals surface area (Å²) in [4.78, 5) is 12.1. The molecule has 0 radical (unpaired) electrons. The lowest BCUT2D eigenvalue weighted by atomic mass is 10.0. The van der Waals surface area contributed by atoms with Crippen molar-refractivity contribution in [3.05, 3.63) is 67.9 Å². The molecule has 2 rings (SSSR count). The number of hydrogen-bond donors (Lipinski definition) is 0. The van der Waals surface area contributed by atoms with E-state index in [4.69, 9.17) is 23.2 Å². The molecule has 0 saturated carbocycles. The third-order valence-corrected chi connectivity index (χ3v) is 3.81. The first-order valence-corrected chi connectivity index (χ1v) is 6.94. The minimum absolute atomic E-state index is 0.0418. The fraction of sp³-hybridized carbons (Fsp3) is 0.0714. The van der Waals surface area contributed by atoms with Gasteiger partial charge in [-0.2, -0.15) is 0 Å². The average molecular weight is 362 g/mol. The van der Waals surface area contributed by atoms with Gasteiger partial charge in [-0.05, 0) is 35.9 Å². The lowest BCUT2D eigenvalue weighted by molar-refractivity contribution is 0.0992. The number of carbonyl (C=O) groups is 1. The Labute approximate surface area is 128 Å². The predicted molar refractivity (Wildman–Crippen MR) is 78.6 cm³/mol. The maximum atomic E-state index is 13.3. The molecule has 2 aromatic carbocycles. The van der Waals surface area contributed by atoms with Crippen molar-refractivity contribution in [3.8, 4) is 0 Å². The summed E-state index contributed by atoms with van der Waals surface area (Å²) >= 11 is 14.8. The molecule has 5 heteroatoms. The van der Waals surface area contributed by atoms with Gasteiger partial charge in [-0.3, -0.25) is 4.79 Å². The van der Waals surface area contributed by atoms with Crippen LogP contribution in [0.5, 0.6) is 0 Å². The summed E-state index contributed by atoms with van der Waals surface area (Å²) in [6, 6.07) is 9.30. The first-order valence-electron chi connectivity index (χ1n) is 5.39. The van der Waals surface area contributed by atoms with Crippen LogP contribution in [-0.2, 0) is 6.42 Å². The SMILES string of the molecule is O=C(Cc1ccc(Cl)c(F)c1)c1cc(Cl)ccc1Br. The van der Waals surface area contributed by atoms with Crippen LogP contribution in [0.25, 0.3) is 0 Å². The number of rotatable bonds is 3. The van der Waals surface area contributed by atoms with Gasteiger partial charge in [0.1, 0.15) is 5.82 Å².